The topological polar surface area (TPSA) is 57.6 Å². The molecule has 0 spiro atoms. The zero-order valence-corrected chi connectivity index (χ0v) is 12.7. The molecule has 21 heavy (non-hydrogen) atoms. The average molecular weight is 289 g/mol. The quantitative estimate of drug-likeness (QED) is 0.749. The van der Waals surface area contributed by atoms with Crippen LogP contribution in [0.1, 0.15) is 25.8 Å². The fraction of sp³-hybridized carbons (Fsp3) is 0.412. The largest absolute Gasteiger partial charge is 0.480 e. The minimum atomic E-state index is -0.987. The highest BCUT2D eigenvalue weighted by atomic mass is 16.4. The van der Waals surface area contributed by atoms with Crippen LogP contribution in [-0.4, -0.2) is 35.0 Å². The van der Waals surface area contributed by atoms with Gasteiger partial charge >= 0.3 is 5.97 Å². The Morgan fingerprint density at radius 3 is 2.43 bits per heavy atom. The zero-order valence-electron chi connectivity index (χ0n) is 12.7. The third-order valence-electron chi connectivity index (χ3n) is 3.23. The van der Waals surface area contributed by atoms with Gasteiger partial charge in [-0.2, -0.15) is 0 Å². The fourth-order valence-corrected chi connectivity index (χ4v) is 2.26. The van der Waals surface area contributed by atoms with Crippen LogP contribution in [0.2, 0.25) is 0 Å². The normalized spacial score (nSPS) is 11.7. The Labute approximate surface area is 126 Å². The van der Waals surface area contributed by atoms with E-state index in [9.17, 15) is 9.59 Å². The highest BCUT2D eigenvalue weighted by Crippen LogP contribution is 2.13. The van der Waals surface area contributed by atoms with Crippen molar-refractivity contribution in [2.75, 3.05) is 13.1 Å². The summed E-state index contributed by atoms with van der Waals surface area (Å²) in [5.74, 6) is -1.35. The minimum Gasteiger partial charge on any atom is -0.480 e. The first-order valence-corrected chi connectivity index (χ1v) is 7.09. The van der Waals surface area contributed by atoms with Crippen molar-refractivity contribution in [3.63, 3.8) is 0 Å². The van der Waals surface area contributed by atoms with Crippen molar-refractivity contribution >= 4 is 11.9 Å². The van der Waals surface area contributed by atoms with Crippen molar-refractivity contribution in [2.24, 2.45) is 5.92 Å². The lowest BCUT2D eigenvalue weighted by Crippen LogP contribution is -2.40. The number of carbonyl (C=O) groups excluding carboxylic acids is 1. The molecular formula is C17H23NO3. The van der Waals surface area contributed by atoms with Crippen LogP contribution in [0.5, 0.6) is 0 Å². The summed E-state index contributed by atoms with van der Waals surface area (Å²) in [6.07, 6.45) is 1.24. The van der Waals surface area contributed by atoms with E-state index in [0.29, 0.717) is 19.4 Å². The highest BCUT2D eigenvalue weighted by Gasteiger charge is 2.22. The SMILES string of the molecule is C=C(C)CC(C)C(=O)N(CCc1ccccc1)CC(=O)O. The van der Waals surface area contributed by atoms with Crippen LogP contribution in [0.25, 0.3) is 0 Å². The number of carbonyl (C=O) groups is 2. The number of carboxylic acids is 1. The van der Waals surface area contributed by atoms with E-state index in [4.69, 9.17) is 5.11 Å². The van der Waals surface area contributed by atoms with Crippen LogP contribution in [0.15, 0.2) is 42.5 Å². The van der Waals surface area contributed by atoms with Gasteiger partial charge < -0.3 is 10.0 Å². The van der Waals surface area contributed by atoms with Gasteiger partial charge in [0.1, 0.15) is 6.54 Å². The lowest BCUT2D eigenvalue weighted by atomic mass is 10.0. The van der Waals surface area contributed by atoms with Crippen molar-refractivity contribution < 1.29 is 14.7 Å². The third kappa shape index (κ3) is 6.25. The second kappa shape index (κ2) is 8.25. The number of amides is 1. The molecule has 1 N–H and O–H groups in total. The minimum absolute atomic E-state index is 0.128. The molecule has 0 aliphatic heterocycles. The first kappa shape index (κ1) is 17.0. The fourth-order valence-electron chi connectivity index (χ4n) is 2.26. The first-order valence-electron chi connectivity index (χ1n) is 7.09. The van der Waals surface area contributed by atoms with E-state index in [1.54, 1.807) is 0 Å². The maximum atomic E-state index is 12.4. The molecule has 4 heteroatoms. The molecule has 1 rings (SSSR count). The molecule has 4 nitrogen and oxygen atoms in total. The molecule has 0 aliphatic carbocycles. The van der Waals surface area contributed by atoms with Crippen LogP contribution < -0.4 is 0 Å². The van der Waals surface area contributed by atoms with Crippen LogP contribution >= 0.6 is 0 Å². The monoisotopic (exact) mass is 289 g/mol. The summed E-state index contributed by atoms with van der Waals surface area (Å²) >= 11 is 0. The Morgan fingerprint density at radius 1 is 1.29 bits per heavy atom. The van der Waals surface area contributed by atoms with Crippen LogP contribution in [0.3, 0.4) is 0 Å². The van der Waals surface area contributed by atoms with Crippen LogP contribution in [0.4, 0.5) is 0 Å². The molecule has 114 valence electrons. The third-order valence-corrected chi connectivity index (χ3v) is 3.23. The standard InChI is InChI=1S/C17H23NO3/c1-13(2)11-14(3)17(21)18(12-16(19)20)10-9-15-7-5-4-6-8-15/h4-8,14H,1,9-12H2,2-3H3,(H,19,20). The van der Waals surface area contributed by atoms with E-state index in [2.05, 4.69) is 6.58 Å². The Morgan fingerprint density at radius 2 is 1.90 bits per heavy atom. The molecule has 0 bridgehead atoms. The average Bonchev–Trinajstić information content (AvgIpc) is 2.42. The lowest BCUT2D eigenvalue weighted by molar-refractivity contribution is -0.146. The molecule has 1 unspecified atom stereocenters. The summed E-state index contributed by atoms with van der Waals surface area (Å²) in [6.45, 7) is 7.64. The summed E-state index contributed by atoms with van der Waals surface area (Å²) in [5, 5.41) is 8.98. The van der Waals surface area contributed by atoms with E-state index in [1.165, 1.54) is 4.90 Å². The van der Waals surface area contributed by atoms with Crippen LogP contribution in [0, 0.1) is 5.92 Å². The Balaban J connectivity index is 2.68. The van der Waals surface area contributed by atoms with Gasteiger partial charge in [0.25, 0.3) is 0 Å². The Kier molecular flexibility index (Phi) is 6.66. The summed E-state index contributed by atoms with van der Waals surface area (Å²) in [6, 6.07) is 9.74. The summed E-state index contributed by atoms with van der Waals surface area (Å²) in [7, 11) is 0. The lowest BCUT2D eigenvalue weighted by Gasteiger charge is -2.24. The molecule has 0 saturated carbocycles. The van der Waals surface area contributed by atoms with E-state index in [-0.39, 0.29) is 18.4 Å². The molecule has 0 radical (unpaired) electrons. The van der Waals surface area contributed by atoms with Gasteiger partial charge in [-0.05, 0) is 25.3 Å². The van der Waals surface area contributed by atoms with E-state index in [0.717, 1.165) is 11.1 Å². The zero-order chi connectivity index (χ0) is 15.8. The van der Waals surface area contributed by atoms with Gasteiger partial charge in [0, 0.05) is 12.5 Å². The molecule has 1 aromatic rings. The summed E-state index contributed by atoms with van der Waals surface area (Å²) in [4.78, 5) is 24.7. The second-order valence-corrected chi connectivity index (χ2v) is 5.45. The van der Waals surface area contributed by atoms with Crippen molar-refractivity contribution in [1.82, 2.24) is 4.90 Å². The molecule has 1 aromatic carbocycles. The summed E-state index contributed by atoms with van der Waals surface area (Å²) < 4.78 is 0. The maximum absolute atomic E-state index is 12.4. The van der Waals surface area contributed by atoms with Gasteiger partial charge in [-0.25, -0.2) is 0 Å². The number of rotatable bonds is 8. The molecular weight excluding hydrogens is 266 g/mol. The molecule has 0 heterocycles. The smallest absolute Gasteiger partial charge is 0.323 e. The number of allylic oxidation sites excluding steroid dienone is 1. The highest BCUT2D eigenvalue weighted by molar-refractivity contribution is 5.83. The molecule has 0 aliphatic rings. The Bertz CT molecular complexity index is 496. The number of aliphatic carboxylic acids is 1. The van der Waals surface area contributed by atoms with Gasteiger partial charge in [-0.3, -0.25) is 9.59 Å². The summed E-state index contributed by atoms with van der Waals surface area (Å²) in [5.41, 5.74) is 2.02. The number of carboxylic acid groups (broad SMARTS) is 1. The molecule has 1 atom stereocenters. The molecule has 0 fully saturated rings. The number of benzene rings is 1. The molecule has 0 saturated heterocycles. The predicted molar refractivity (Wildman–Crippen MR) is 83.0 cm³/mol. The molecule has 0 aromatic heterocycles. The van der Waals surface area contributed by atoms with Crippen LogP contribution in [-0.2, 0) is 16.0 Å². The van der Waals surface area contributed by atoms with Gasteiger partial charge in [0.2, 0.25) is 5.91 Å². The van der Waals surface area contributed by atoms with Crippen molar-refractivity contribution in [1.29, 1.82) is 0 Å². The van der Waals surface area contributed by atoms with E-state index < -0.39 is 5.97 Å². The van der Waals surface area contributed by atoms with Gasteiger partial charge in [-0.15, -0.1) is 6.58 Å². The Hall–Kier alpha value is -2.10. The van der Waals surface area contributed by atoms with Gasteiger partial charge in [0.05, 0.1) is 0 Å². The number of nitrogens with zero attached hydrogens (tertiary/aromatic N) is 1. The predicted octanol–water partition coefficient (Wildman–Crippen LogP) is 2.74. The van der Waals surface area contributed by atoms with Gasteiger partial charge in [0.15, 0.2) is 0 Å². The van der Waals surface area contributed by atoms with Crippen molar-refractivity contribution in [3.8, 4) is 0 Å². The van der Waals surface area contributed by atoms with Crippen molar-refractivity contribution in [2.45, 2.75) is 26.7 Å². The van der Waals surface area contributed by atoms with E-state index in [1.807, 2.05) is 44.2 Å². The van der Waals surface area contributed by atoms with E-state index >= 15 is 0 Å². The molecule has 1 amide bonds. The first-order chi connectivity index (χ1) is 9.90. The second-order valence-electron chi connectivity index (χ2n) is 5.45. The number of hydrogen-bond donors (Lipinski definition) is 1. The van der Waals surface area contributed by atoms with Crippen molar-refractivity contribution in [3.05, 3.63) is 48.0 Å². The maximum Gasteiger partial charge on any atom is 0.323 e. The van der Waals surface area contributed by atoms with Gasteiger partial charge in [-0.1, -0.05) is 42.8 Å². The number of hydrogen-bond acceptors (Lipinski definition) is 2.